The largest absolute Gasteiger partial charge is 0.388 e. The summed E-state index contributed by atoms with van der Waals surface area (Å²) < 4.78 is 44.9. The highest BCUT2D eigenvalue weighted by Gasteiger charge is 2.48. The molecule has 6 N–H and O–H groups in total. The van der Waals surface area contributed by atoms with Crippen LogP contribution in [0.5, 0.6) is 0 Å². The van der Waals surface area contributed by atoms with Gasteiger partial charge in [-0.05, 0) is 0 Å². The van der Waals surface area contributed by atoms with Crippen LogP contribution >= 0.6 is 0 Å². The number of ether oxygens (including phenoxy) is 4. The summed E-state index contributed by atoms with van der Waals surface area (Å²) in [6.45, 7) is 0. The van der Waals surface area contributed by atoms with Crippen molar-refractivity contribution >= 4 is 9.84 Å². The summed E-state index contributed by atoms with van der Waals surface area (Å²) >= 11 is 0. The minimum atomic E-state index is -4.06. The number of sulfone groups is 1. The lowest BCUT2D eigenvalue weighted by molar-refractivity contribution is -0.286. The zero-order chi connectivity index (χ0) is 20.5. The Morgan fingerprint density at radius 2 is 1.00 bits per heavy atom. The molecule has 0 bridgehead atoms. The van der Waals surface area contributed by atoms with Gasteiger partial charge in [0, 0.05) is 14.2 Å². The van der Waals surface area contributed by atoms with Crippen LogP contribution in [0.15, 0.2) is 0 Å². The van der Waals surface area contributed by atoms with Crippen LogP contribution in [-0.2, 0) is 28.8 Å². The van der Waals surface area contributed by atoms with E-state index >= 15 is 0 Å². The van der Waals surface area contributed by atoms with Crippen molar-refractivity contribution in [2.45, 2.75) is 61.4 Å². The van der Waals surface area contributed by atoms with Gasteiger partial charge in [0.25, 0.3) is 0 Å². The number of aliphatic hydroxyl groups is 6. The van der Waals surface area contributed by atoms with Crippen LogP contribution in [0.3, 0.4) is 0 Å². The SMILES string of the molecule is CO[C@H]1O[C@H](CS(=O)(=O)C[C@H]2O[C@@H](OC)[C@H](O)[C@H](O)[C@@H]2O)[C@@H](O)[C@H](O)[C@@H]1O. The second-order valence-corrected chi connectivity index (χ2v) is 8.73. The first kappa shape index (κ1) is 22.8. The first-order valence-corrected chi connectivity index (χ1v) is 10.00. The van der Waals surface area contributed by atoms with Gasteiger partial charge in [-0.25, -0.2) is 8.42 Å². The highest BCUT2D eigenvalue weighted by Crippen LogP contribution is 2.26. The van der Waals surface area contributed by atoms with E-state index < -0.39 is 82.8 Å². The summed E-state index contributed by atoms with van der Waals surface area (Å²) in [5, 5.41) is 59.0. The van der Waals surface area contributed by atoms with Gasteiger partial charge in [0.05, 0.1) is 11.5 Å². The molecular weight excluding hydrogens is 392 g/mol. The molecule has 12 nitrogen and oxygen atoms in total. The Bertz CT molecular complexity index is 537. The summed E-state index contributed by atoms with van der Waals surface area (Å²) in [7, 11) is -1.71. The molecule has 0 aromatic rings. The zero-order valence-electron chi connectivity index (χ0n) is 14.7. The maximum Gasteiger partial charge on any atom is 0.186 e. The molecule has 0 aromatic carbocycles. The lowest BCUT2D eigenvalue weighted by Gasteiger charge is -2.41. The molecule has 2 saturated heterocycles. The van der Waals surface area contributed by atoms with Crippen LogP contribution in [0.2, 0.25) is 0 Å². The third-order valence-electron chi connectivity index (χ3n) is 4.64. The highest BCUT2D eigenvalue weighted by atomic mass is 32.2. The summed E-state index contributed by atoms with van der Waals surface area (Å²) in [4.78, 5) is 0. The molecule has 0 radical (unpaired) electrons. The predicted octanol–water partition coefficient (Wildman–Crippen LogP) is -4.69. The summed E-state index contributed by atoms with van der Waals surface area (Å²) in [5.41, 5.74) is 0. The lowest BCUT2D eigenvalue weighted by atomic mass is 10.00. The van der Waals surface area contributed by atoms with Gasteiger partial charge < -0.3 is 49.6 Å². The monoisotopic (exact) mass is 418 g/mol. The van der Waals surface area contributed by atoms with E-state index in [0.29, 0.717) is 0 Å². The van der Waals surface area contributed by atoms with Gasteiger partial charge in [-0.1, -0.05) is 0 Å². The van der Waals surface area contributed by atoms with Crippen molar-refractivity contribution in [1.29, 1.82) is 0 Å². The Labute approximate surface area is 155 Å². The molecule has 10 atom stereocenters. The van der Waals surface area contributed by atoms with Crippen LogP contribution in [-0.4, -0.2) is 126 Å². The van der Waals surface area contributed by atoms with Crippen LogP contribution in [0.4, 0.5) is 0 Å². The van der Waals surface area contributed by atoms with Gasteiger partial charge in [-0.3, -0.25) is 0 Å². The molecule has 0 saturated carbocycles. The fraction of sp³-hybridized carbons (Fsp3) is 1.00. The third kappa shape index (κ3) is 4.94. The average molecular weight is 418 g/mol. The molecule has 2 fully saturated rings. The van der Waals surface area contributed by atoms with Gasteiger partial charge in [-0.2, -0.15) is 0 Å². The summed E-state index contributed by atoms with van der Waals surface area (Å²) in [6.07, 6.45) is -15.4. The highest BCUT2D eigenvalue weighted by molar-refractivity contribution is 7.91. The molecular formula is C14H26O12S. The van der Waals surface area contributed by atoms with Gasteiger partial charge in [0.2, 0.25) is 0 Å². The molecule has 27 heavy (non-hydrogen) atoms. The second-order valence-electron chi connectivity index (χ2n) is 6.58. The van der Waals surface area contributed by atoms with Crippen molar-refractivity contribution in [3.8, 4) is 0 Å². The van der Waals surface area contributed by atoms with E-state index in [1.54, 1.807) is 0 Å². The van der Waals surface area contributed by atoms with Crippen molar-refractivity contribution in [2.75, 3.05) is 25.7 Å². The fourth-order valence-corrected chi connectivity index (χ4v) is 4.76. The molecule has 0 aliphatic carbocycles. The molecule has 0 spiro atoms. The standard InChI is InChI=1S/C14H26O12S/c1-23-13-11(19)9(17)7(15)5(25-13)3-27(21,22)4-6-8(16)10(18)12(20)14(24-2)26-6/h5-20H,3-4H2,1-2H3/t5-,6-,7-,8-,9-,10+,11-,12+,13-,14+/m1/s1. The quantitative estimate of drug-likeness (QED) is 0.242. The second kappa shape index (κ2) is 8.92. The smallest absolute Gasteiger partial charge is 0.186 e. The van der Waals surface area contributed by atoms with Crippen molar-refractivity contribution in [3.63, 3.8) is 0 Å². The van der Waals surface area contributed by atoms with Gasteiger partial charge in [-0.15, -0.1) is 0 Å². The minimum absolute atomic E-state index is 0.777. The summed E-state index contributed by atoms with van der Waals surface area (Å²) in [5.74, 6) is -1.55. The van der Waals surface area contributed by atoms with E-state index in [1.807, 2.05) is 0 Å². The van der Waals surface area contributed by atoms with Crippen molar-refractivity contribution in [1.82, 2.24) is 0 Å². The van der Waals surface area contributed by atoms with Gasteiger partial charge >= 0.3 is 0 Å². The van der Waals surface area contributed by atoms with Crippen molar-refractivity contribution in [3.05, 3.63) is 0 Å². The molecule has 2 rings (SSSR count). The molecule has 13 heteroatoms. The maximum atomic E-state index is 12.5. The van der Waals surface area contributed by atoms with Crippen molar-refractivity contribution < 1.29 is 58.0 Å². The minimum Gasteiger partial charge on any atom is -0.388 e. The van der Waals surface area contributed by atoms with E-state index in [0.717, 1.165) is 0 Å². The van der Waals surface area contributed by atoms with E-state index in [-0.39, 0.29) is 0 Å². The van der Waals surface area contributed by atoms with Crippen molar-refractivity contribution in [2.24, 2.45) is 0 Å². The number of hydrogen-bond donors (Lipinski definition) is 6. The van der Waals surface area contributed by atoms with E-state index in [4.69, 9.17) is 18.9 Å². The first-order chi connectivity index (χ1) is 12.5. The number of hydrogen-bond acceptors (Lipinski definition) is 12. The third-order valence-corrected chi connectivity index (χ3v) is 6.31. The van der Waals surface area contributed by atoms with Gasteiger partial charge in [0.15, 0.2) is 22.4 Å². The van der Waals surface area contributed by atoms with E-state index in [9.17, 15) is 39.1 Å². The predicted molar refractivity (Wildman–Crippen MR) is 86.0 cm³/mol. The molecule has 0 amide bonds. The topological polar surface area (TPSA) is 192 Å². The molecule has 160 valence electrons. The maximum absolute atomic E-state index is 12.5. The number of rotatable bonds is 6. The van der Waals surface area contributed by atoms with Crippen LogP contribution in [0.1, 0.15) is 0 Å². The summed E-state index contributed by atoms with van der Waals surface area (Å²) in [6, 6.07) is 0. The molecule has 0 unspecified atom stereocenters. The van der Waals surface area contributed by atoms with Crippen LogP contribution in [0.25, 0.3) is 0 Å². The number of aliphatic hydroxyl groups excluding tert-OH is 6. The Morgan fingerprint density at radius 1 is 0.667 bits per heavy atom. The molecule has 2 heterocycles. The van der Waals surface area contributed by atoms with Gasteiger partial charge in [0.1, 0.15) is 48.8 Å². The number of methoxy groups -OCH3 is 2. The van der Waals surface area contributed by atoms with Crippen LogP contribution in [0, 0.1) is 0 Å². The zero-order valence-corrected chi connectivity index (χ0v) is 15.5. The van der Waals surface area contributed by atoms with E-state index in [1.165, 1.54) is 14.2 Å². The average Bonchev–Trinajstić information content (AvgIpc) is 2.62. The lowest BCUT2D eigenvalue weighted by Crippen LogP contribution is -2.61. The normalized spacial score (nSPS) is 46.4. The van der Waals surface area contributed by atoms with E-state index in [2.05, 4.69) is 0 Å². The molecule has 0 aromatic heterocycles. The molecule has 2 aliphatic rings. The Kier molecular flexibility index (Phi) is 7.54. The van der Waals surface area contributed by atoms with Crippen LogP contribution < -0.4 is 0 Å². The Balaban J connectivity index is 2.07. The fourth-order valence-electron chi connectivity index (χ4n) is 3.07. The first-order valence-electron chi connectivity index (χ1n) is 8.17. The molecule has 2 aliphatic heterocycles. The Hall–Kier alpha value is -0.450. The Morgan fingerprint density at radius 3 is 1.30 bits per heavy atom.